The summed E-state index contributed by atoms with van der Waals surface area (Å²) in [5.74, 6) is 0. The van der Waals surface area contributed by atoms with Crippen LogP contribution in [-0.4, -0.2) is 15.0 Å². The number of rotatable bonds is 3. The van der Waals surface area contributed by atoms with Gasteiger partial charge >= 0.3 is 6.18 Å². The van der Waals surface area contributed by atoms with Crippen molar-refractivity contribution in [2.24, 2.45) is 0 Å². The molecule has 0 saturated heterocycles. The predicted octanol–water partition coefficient (Wildman–Crippen LogP) is 6.23. The van der Waals surface area contributed by atoms with Gasteiger partial charge in [-0.1, -0.05) is 38.1 Å². The quantitative estimate of drug-likeness (QED) is 0.456. The average molecular weight is 470 g/mol. The molecule has 7 heteroatoms. The monoisotopic (exact) mass is 469 g/mol. The zero-order chi connectivity index (χ0) is 23.6. The summed E-state index contributed by atoms with van der Waals surface area (Å²) >= 11 is 0. The molecule has 2 aliphatic rings. The summed E-state index contributed by atoms with van der Waals surface area (Å²) in [6, 6.07) is 15.6. The molecule has 0 N–H and O–H groups in total. The molecule has 3 aromatic rings. The molecule has 5 rings (SSSR count). The van der Waals surface area contributed by atoms with Crippen LogP contribution in [0.3, 0.4) is 0 Å². The van der Waals surface area contributed by atoms with Crippen molar-refractivity contribution >= 4 is 15.7 Å². The Kier molecular flexibility index (Phi) is 4.90. The molecule has 0 unspecified atom stereocenters. The summed E-state index contributed by atoms with van der Waals surface area (Å²) in [5, 5.41) is 0. The number of nitrogens with zero attached hydrogens (tertiary/aromatic N) is 1. The highest BCUT2D eigenvalue weighted by Gasteiger charge is 2.41. The summed E-state index contributed by atoms with van der Waals surface area (Å²) in [4.78, 5) is 0.242. The number of sulfonamides is 1. The van der Waals surface area contributed by atoms with Crippen molar-refractivity contribution in [3.8, 4) is 11.1 Å². The first-order valence-electron chi connectivity index (χ1n) is 10.7. The van der Waals surface area contributed by atoms with E-state index in [1.54, 1.807) is 24.3 Å². The van der Waals surface area contributed by atoms with Gasteiger partial charge in [0.25, 0.3) is 10.0 Å². The third-order valence-electron chi connectivity index (χ3n) is 6.46. The number of anilines is 1. The third-order valence-corrected chi connectivity index (χ3v) is 8.21. The molecule has 0 bridgehead atoms. The lowest BCUT2D eigenvalue weighted by molar-refractivity contribution is -0.137. The van der Waals surface area contributed by atoms with Gasteiger partial charge in [0, 0.05) is 18.4 Å². The maximum Gasteiger partial charge on any atom is 0.416 e. The Bertz CT molecular complexity index is 1340. The number of hydrogen-bond donors (Lipinski definition) is 0. The van der Waals surface area contributed by atoms with Crippen LogP contribution in [0.4, 0.5) is 18.9 Å². The van der Waals surface area contributed by atoms with Crippen LogP contribution in [0.25, 0.3) is 11.1 Å². The van der Waals surface area contributed by atoms with Crippen molar-refractivity contribution in [3.63, 3.8) is 0 Å². The van der Waals surface area contributed by atoms with Crippen molar-refractivity contribution in [2.45, 2.75) is 43.2 Å². The van der Waals surface area contributed by atoms with E-state index < -0.39 is 27.2 Å². The topological polar surface area (TPSA) is 37.4 Å². The fourth-order valence-corrected chi connectivity index (χ4v) is 6.30. The number of hydrogen-bond acceptors (Lipinski definition) is 2. The molecule has 0 fully saturated rings. The summed E-state index contributed by atoms with van der Waals surface area (Å²) in [5.41, 5.74) is 3.65. The molecule has 2 radical (unpaired) electrons. The second kappa shape index (κ2) is 7.35. The van der Waals surface area contributed by atoms with E-state index in [0.717, 1.165) is 47.2 Å². The Morgan fingerprint density at radius 1 is 0.939 bits per heavy atom. The van der Waals surface area contributed by atoms with Crippen molar-refractivity contribution in [1.82, 2.24) is 0 Å². The molecule has 0 atom stereocenters. The maximum atomic E-state index is 13.6. The molecule has 0 aromatic heterocycles. The van der Waals surface area contributed by atoms with Crippen LogP contribution in [0.1, 0.15) is 42.5 Å². The van der Waals surface area contributed by atoms with Crippen LogP contribution in [0.5, 0.6) is 0 Å². The van der Waals surface area contributed by atoms with Gasteiger partial charge in [-0.05, 0) is 77.1 Å². The van der Waals surface area contributed by atoms with Crippen molar-refractivity contribution < 1.29 is 21.6 Å². The van der Waals surface area contributed by atoms with Crippen LogP contribution in [0.15, 0.2) is 65.6 Å². The van der Waals surface area contributed by atoms with Gasteiger partial charge in [0.05, 0.1) is 16.1 Å². The molecule has 3 nitrogen and oxygen atoms in total. The van der Waals surface area contributed by atoms with E-state index >= 15 is 0 Å². The van der Waals surface area contributed by atoms with E-state index in [4.69, 9.17) is 0 Å². The van der Waals surface area contributed by atoms with Gasteiger partial charge < -0.3 is 0 Å². The number of halogens is 3. The fraction of sp³-hybridized carbons (Fsp3) is 0.269. The first-order valence-corrected chi connectivity index (χ1v) is 12.1. The Hall–Kier alpha value is -2.80. The molecule has 1 heterocycles. The molecule has 1 aliphatic carbocycles. The van der Waals surface area contributed by atoms with Gasteiger partial charge in [-0.2, -0.15) is 13.2 Å². The zero-order valence-corrected chi connectivity index (χ0v) is 19.0. The first-order chi connectivity index (χ1) is 15.5. The maximum absolute atomic E-state index is 13.6. The smallest absolute Gasteiger partial charge is 0.265 e. The molecular weight excluding hydrogens is 447 g/mol. The summed E-state index contributed by atoms with van der Waals surface area (Å²) in [6.45, 7) is 4.23. The highest BCUT2D eigenvalue weighted by Crippen LogP contribution is 2.45. The minimum Gasteiger partial charge on any atom is -0.265 e. The minimum absolute atomic E-state index is 0.242. The number of fused-ring (bicyclic) bond motifs is 2. The minimum atomic E-state index is -4.39. The van der Waals surface area contributed by atoms with E-state index in [-0.39, 0.29) is 11.4 Å². The zero-order valence-electron chi connectivity index (χ0n) is 18.2. The van der Waals surface area contributed by atoms with Gasteiger partial charge in [-0.15, -0.1) is 0 Å². The highest BCUT2D eigenvalue weighted by molar-refractivity contribution is 7.92. The van der Waals surface area contributed by atoms with E-state index in [1.807, 2.05) is 26.0 Å². The van der Waals surface area contributed by atoms with Gasteiger partial charge in [-0.25, -0.2) is 8.42 Å². The Morgan fingerprint density at radius 3 is 2.33 bits per heavy atom. The molecular formula is C26H22F3NO2S. The van der Waals surface area contributed by atoms with Gasteiger partial charge in [0.15, 0.2) is 0 Å². The van der Waals surface area contributed by atoms with Crippen LogP contribution in [-0.2, 0) is 28.0 Å². The summed E-state index contributed by atoms with van der Waals surface area (Å²) < 4.78 is 67.3. The standard InChI is InChI=1S/C26H22F3NO2S/c1-25(2)16-30(33(31,32)22-12-8-17-4-3-5-19(17)14-22)24-13-9-20(15-23(24)25)18-6-10-21(11-7-18)26(27,28)29/h6-15H,3-4,16H2,1-2H3. The molecule has 170 valence electrons. The number of alkyl halides is 3. The second-order valence-electron chi connectivity index (χ2n) is 9.20. The predicted molar refractivity (Wildman–Crippen MR) is 122 cm³/mol. The highest BCUT2D eigenvalue weighted by atomic mass is 32.2. The third kappa shape index (κ3) is 3.72. The van der Waals surface area contributed by atoms with Crippen LogP contribution in [0.2, 0.25) is 0 Å². The Balaban J connectivity index is 1.53. The van der Waals surface area contributed by atoms with Crippen LogP contribution in [0, 0.1) is 6.42 Å². The van der Waals surface area contributed by atoms with E-state index in [2.05, 4.69) is 6.42 Å². The van der Waals surface area contributed by atoms with E-state index in [9.17, 15) is 21.6 Å². The second-order valence-corrected chi connectivity index (χ2v) is 11.1. The summed E-state index contributed by atoms with van der Waals surface area (Å²) in [6.07, 6.45) is 0.509. The van der Waals surface area contributed by atoms with Crippen LogP contribution < -0.4 is 4.31 Å². The molecule has 33 heavy (non-hydrogen) atoms. The number of benzene rings is 3. The van der Waals surface area contributed by atoms with E-state index in [1.165, 1.54) is 16.4 Å². The van der Waals surface area contributed by atoms with Gasteiger partial charge in [0.1, 0.15) is 0 Å². The van der Waals surface area contributed by atoms with Crippen molar-refractivity contribution in [3.05, 3.63) is 89.3 Å². The van der Waals surface area contributed by atoms with Crippen LogP contribution >= 0.6 is 0 Å². The lowest BCUT2D eigenvalue weighted by Crippen LogP contribution is -2.34. The lowest BCUT2D eigenvalue weighted by Gasteiger charge is -2.22. The summed E-state index contributed by atoms with van der Waals surface area (Å²) in [7, 11) is -3.78. The van der Waals surface area contributed by atoms with Crippen molar-refractivity contribution in [1.29, 1.82) is 0 Å². The van der Waals surface area contributed by atoms with Gasteiger partial charge in [0.2, 0.25) is 0 Å². The SMILES string of the molecule is CC1(C)CN(S(=O)(=O)c2ccc3c(c2)[C]CC3)c2ccc(-c3ccc(C(F)(F)F)cc3)cc21. The Morgan fingerprint density at radius 2 is 1.64 bits per heavy atom. The molecule has 0 amide bonds. The number of aryl methyl sites for hydroxylation is 1. The fourth-order valence-electron chi connectivity index (χ4n) is 4.63. The van der Waals surface area contributed by atoms with Crippen molar-refractivity contribution in [2.75, 3.05) is 10.8 Å². The molecule has 0 saturated carbocycles. The molecule has 3 aromatic carbocycles. The molecule has 0 spiro atoms. The van der Waals surface area contributed by atoms with Gasteiger partial charge in [-0.3, -0.25) is 4.31 Å². The first kappa shape index (κ1) is 22.0. The normalized spacial score (nSPS) is 17.2. The average Bonchev–Trinajstić information content (AvgIpc) is 3.35. The van der Waals surface area contributed by atoms with E-state index in [0.29, 0.717) is 11.3 Å². The molecule has 1 aliphatic heterocycles. The lowest BCUT2D eigenvalue weighted by atomic mass is 9.85. The largest absolute Gasteiger partial charge is 0.416 e. The Labute approximate surface area is 191 Å².